The summed E-state index contributed by atoms with van der Waals surface area (Å²) in [6, 6.07) is 13.9. The van der Waals surface area contributed by atoms with Crippen molar-refractivity contribution >= 4 is 45.2 Å². The highest BCUT2D eigenvalue weighted by Crippen LogP contribution is 2.37. The number of rotatable bonds is 7. The first-order valence-corrected chi connectivity index (χ1v) is 13.9. The molecule has 0 aliphatic heterocycles. The minimum Gasteiger partial charge on any atom is -0.231 e. The Hall–Kier alpha value is -1.55. The normalized spacial score (nSPS) is 20.8. The predicted molar refractivity (Wildman–Crippen MR) is 150 cm³/mol. The summed E-state index contributed by atoms with van der Waals surface area (Å²) in [5.74, 6) is 2.62. The third-order valence-corrected chi connectivity index (χ3v) is 8.21. The molecule has 0 spiro atoms. The number of hydrogen-bond acceptors (Lipinski definition) is 1. The number of halogens is 3. The molecule has 180 valence electrons. The van der Waals surface area contributed by atoms with E-state index in [2.05, 4.69) is 73.1 Å². The van der Waals surface area contributed by atoms with Crippen LogP contribution in [-0.2, 0) is 0 Å². The van der Waals surface area contributed by atoms with Crippen LogP contribution in [0.3, 0.4) is 0 Å². The molecule has 2 nitrogen and oxygen atoms in total. The lowest BCUT2D eigenvalue weighted by molar-refractivity contribution is 0.194. The molecule has 2 aromatic carbocycles. The highest BCUT2D eigenvalue weighted by molar-refractivity contribution is 9.10. The molecule has 1 aliphatic rings. The molecule has 0 bridgehead atoms. The maximum absolute atomic E-state index is 6.59. The highest BCUT2D eigenvalue weighted by Gasteiger charge is 2.25. The standard InChI is InChI=1S/C29H33BrCl2N2/c1-4-21-15-19(2)16-22(17-21)7-5-6-8-27-20(3)29(23-9-11-24(30)12-10-23)34(33-27)28-14-13-25(31)18-26(28)32/h6,8-14,18-19,21-22H,4-5,7,15-17H2,1-3H3. The van der Waals surface area contributed by atoms with E-state index < -0.39 is 0 Å². The molecule has 0 amide bonds. The van der Waals surface area contributed by atoms with E-state index in [0.29, 0.717) is 10.0 Å². The van der Waals surface area contributed by atoms with E-state index in [1.54, 1.807) is 6.07 Å². The molecule has 1 aromatic heterocycles. The van der Waals surface area contributed by atoms with Crippen LogP contribution >= 0.6 is 39.1 Å². The summed E-state index contributed by atoms with van der Waals surface area (Å²) in [4.78, 5) is 0. The molecule has 1 aliphatic carbocycles. The SMILES string of the molecule is CCC1CC(C)CC(CCC=Cc2nn(-c3ccc(Cl)cc3Cl)c(-c3ccc(Br)cc3)c2C)C1. The van der Waals surface area contributed by atoms with E-state index in [-0.39, 0.29) is 0 Å². The summed E-state index contributed by atoms with van der Waals surface area (Å²) in [6.45, 7) is 6.90. The zero-order chi connectivity index (χ0) is 24.2. The van der Waals surface area contributed by atoms with Gasteiger partial charge in [-0.3, -0.25) is 0 Å². The molecule has 3 aromatic rings. The van der Waals surface area contributed by atoms with Crippen molar-refractivity contribution < 1.29 is 0 Å². The largest absolute Gasteiger partial charge is 0.231 e. The van der Waals surface area contributed by atoms with Gasteiger partial charge in [-0.15, -0.1) is 0 Å². The number of hydrogen-bond donors (Lipinski definition) is 0. The van der Waals surface area contributed by atoms with Crippen LogP contribution in [0.4, 0.5) is 0 Å². The predicted octanol–water partition coefficient (Wildman–Crippen LogP) is 10.2. The van der Waals surface area contributed by atoms with Gasteiger partial charge in [0.15, 0.2) is 0 Å². The number of nitrogens with zero attached hydrogens (tertiary/aromatic N) is 2. The molecule has 5 heteroatoms. The Morgan fingerprint density at radius 1 is 1.06 bits per heavy atom. The van der Waals surface area contributed by atoms with E-state index in [1.807, 2.05) is 16.8 Å². The fourth-order valence-corrected chi connectivity index (χ4v) is 6.19. The van der Waals surface area contributed by atoms with Crippen molar-refractivity contribution in [3.63, 3.8) is 0 Å². The van der Waals surface area contributed by atoms with Gasteiger partial charge in [0.1, 0.15) is 0 Å². The van der Waals surface area contributed by atoms with Crippen LogP contribution < -0.4 is 0 Å². The molecular weight excluding hydrogens is 527 g/mol. The van der Waals surface area contributed by atoms with Gasteiger partial charge >= 0.3 is 0 Å². The van der Waals surface area contributed by atoms with Crippen molar-refractivity contribution in [2.45, 2.75) is 59.3 Å². The first kappa shape index (κ1) is 25.5. The Balaban J connectivity index is 1.60. The fourth-order valence-electron chi connectivity index (χ4n) is 5.44. The Bertz CT molecular complexity index is 1150. The topological polar surface area (TPSA) is 17.8 Å². The third kappa shape index (κ3) is 5.98. The molecule has 3 atom stereocenters. The van der Waals surface area contributed by atoms with Crippen LogP contribution in [0.15, 0.2) is 53.0 Å². The second kappa shape index (κ2) is 11.5. The maximum atomic E-state index is 6.59. The molecule has 0 radical (unpaired) electrons. The van der Waals surface area contributed by atoms with Gasteiger partial charge in [0.05, 0.1) is 22.1 Å². The lowest BCUT2D eigenvalue weighted by atomic mass is 9.73. The third-order valence-electron chi connectivity index (χ3n) is 7.15. The number of allylic oxidation sites excluding steroid dienone is 1. The lowest BCUT2D eigenvalue weighted by Gasteiger charge is -2.32. The average Bonchev–Trinajstić information content (AvgIpc) is 3.12. The summed E-state index contributed by atoms with van der Waals surface area (Å²) < 4.78 is 3.00. The first-order chi connectivity index (χ1) is 16.4. The van der Waals surface area contributed by atoms with E-state index in [4.69, 9.17) is 28.3 Å². The monoisotopic (exact) mass is 558 g/mol. The zero-order valence-electron chi connectivity index (χ0n) is 20.2. The zero-order valence-corrected chi connectivity index (χ0v) is 23.3. The van der Waals surface area contributed by atoms with E-state index >= 15 is 0 Å². The van der Waals surface area contributed by atoms with Crippen molar-refractivity contribution in [2.24, 2.45) is 17.8 Å². The van der Waals surface area contributed by atoms with Crippen LogP contribution in [0.1, 0.15) is 63.6 Å². The van der Waals surface area contributed by atoms with Gasteiger partial charge < -0.3 is 0 Å². The van der Waals surface area contributed by atoms with Crippen LogP contribution in [-0.4, -0.2) is 9.78 Å². The summed E-state index contributed by atoms with van der Waals surface area (Å²) >= 11 is 16.3. The Labute approximate surface area is 222 Å². The van der Waals surface area contributed by atoms with Crippen molar-refractivity contribution in [1.82, 2.24) is 9.78 Å². The van der Waals surface area contributed by atoms with Gasteiger partial charge in [0.25, 0.3) is 0 Å². The van der Waals surface area contributed by atoms with Gasteiger partial charge in [-0.2, -0.15) is 5.10 Å². The summed E-state index contributed by atoms with van der Waals surface area (Å²) in [7, 11) is 0. The first-order valence-electron chi connectivity index (χ1n) is 12.3. The Morgan fingerprint density at radius 3 is 2.50 bits per heavy atom. The number of benzene rings is 2. The van der Waals surface area contributed by atoms with Gasteiger partial charge in [-0.05, 0) is 93.2 Å². The second-order valence-electron chi connectivity index (χ2n) is 9.81. The maximum Gasteiger partial charge on any atom is 0.0887 e. The van der Waals surface area contributed by atoms with Gasteiger partial charge in [0, 0.05) is 20.6 Å². The molecule has 1 heterocycles. The number of aromatic nitrogens is 2. The minimum absolute atomic E-state index is 0.584. The average molecular weight is 560 g/mol. The van der Waals surface area contributed by atoms with Crippen molar-refractivity contribution in [1.29, 1.82) is 0 Å². The summed E-state index contributed by atoms with van der Waals surface area (Å²) in [5, 5.41) is 6.18. The molecule has 4 rings (SSSR count). The fraction of sp³-hybridized carbons (Fsp3) is 0.414. The van der Waals surface area contributed by atoms with Gasteiger partial charge in [-0.25, -0.2) is 4.68 Å². The highest BCUT2D eigenvalue weighted by atomic mass is 79.9. The minimum atomic E-state index is 0.584. The molecule has 34 heavy (non-hydrogen) atoms. The quantitative estimate of drug-likeness (QED) is 0.281. The second-order valence-corrected chi connectivity index (χ2v) is 11.6. The molecule has 0 N–H and O–H groups in total. The van der Waals surface area contributed by atoms with Crippen LogP contribution in [0, 0.1) is 24.7 Å². The molecular formula is C29H33BrCl2N2. The Morgan fingerprint density at radius 2 is 1.79 bits per heavy atom. The van der Waals surface area contributed by atoms with Crippen LogP contribution in [0.5, 0.6) is 0 Å². The molecule has 1 fully saturated rings. The van der Waals surface area contributed by atoms with E-state index in [1.165, 1.54) is 32.1 Å². The van der Waals surface area contributed by atoms with Crippen LogP contribution in [0.2, 0.25) is 10.0 Å². The van der Waals surface area contributed by atoms with Gasteiger partial charge in [-0.1, -0.05) is 77.6 Å². The van der Waals surface area contributed by atoms with Crippen molar-refractivity contribution in [2.75, 3.05) is 0 Å². The van der Waals surface area contributed by atoms with E-state index in [9.17, 15) is 0 Å². The van der Waals surface area contributed by atoms with Crippen molar-refractivity contribution in [3.05, 3.63) is 74.3 Å². The van der Waals surface area contributed by atoms with Crippen LogP contribution in [0.25, 0.3) is 23.0 Å². The summed E-state index contributed by atoms with van der Waals surface area (Å²) in [5.41, 5.74) is 5.09. The lowest BCUT2D eigenvalue weighted by Crippen LogP contribution is -2.20. The van der Waals surface area contributed by atoms with E-state index in [0.717, 1.165) is 56.8 Å². The molecule has 1 saturated carbocycles. The summed E-state index contributed by atoms with van der Waals surface area (Å²) in [6.07, 6.45) is 12.3. The molecule has 3 unspecified atom stereocenters. The Kier molecular flexibility index (Phi) is 8.61. The smallest absolute Gasteiger partial charge is 0.0887 e. The van der Waals surface area contributed by atoms with Gasteiger partial charge in [0.2, 0.25) is 0 Å². The van der Waals surface area contributed by atoms with Crippen molar-refractivity contribution in [3.8, 4) is 16.9 Å². The molecule has 0 saturated heterocycles.